The number of aromatic amines is 1. The lowest BCUT2D eigenvalue weighted by atomic mass is 10.1. The molecule has 4 rings (SSSR count). The molecule has 0 spiro atoms. The van der Waals surface area contributed by atoms with Crippen LogP contribution in [0.25, 0.3) is 11.0 Å². The van der Waals surface area contributed by atoms with Gasteiger partial charge in [0.1, 0.15) is 12.4 Å². The fourth-order valence-electron chi connectivity index (χ4n) is 2.65. The minimum Gasteiger partial charge on any atom is -0.489 e. The number of benzene rings is 3. The molecule has 0 saturated carbocycles. The Bertz CT molecular complexity index is 1010. The summed E-state index contributed by atoms with van der Waals surface area (Å²) in [5.41, 5.74) is 3.24. The molecule has 1 aromatic heterocycles. The molecule has 4 aromatic rings. The molecule has 0 amide bonds. The Morgan fingerprint density at radius 1 is 0.920 bits per heavy atom. The van der Waals surface area contributed by atoms with E-state index >= 15 is 0 Å². The van der Waals surface area contributed by atoms with Gasteiger partial charge in [-0.2, -0.15) is 0 Å². The number of hydrogen-bond acceptors (Lipinski definition) is 3. The van der Waals surface area contributed by atoms with E-state index in [9.17, 15) is 4.79 Å². The van der Waals surface area contributed by atoms with Gasteiger partial charge >= 0.3 is 0 Å². The van der Waals surface area contributed by atoms with Gasteiger partial charge in [0.25, 0.3) is 0 Å². The smallest absolute Gasteiger partial charge is 0.228 e. The average molecular weight is 328 g/mol. The van der Waals surface area contributed by atoms with E-state index in [4.69, 9.17) is 4.74 Å². The number of aromatic nitrogens is 2. The number of nitrogens with one attached hydrogen (secondary N) is 1. The molecule has 0 radical (unpaired) electrons. The Morgan fingerprint density at radius 2 is 1.64 bits per heavy atom. The van der Waals surface area contributed by atoms with Gasteiger partial charge in [0.15, 0.2) is 5.82 Å². The minimum atomic E-state index is -0.122. The molecule has 0 bridgehead atoms. The zero-order valence-electron chi connectivity index (χ0n) is 13.5. The summed E-state index contributed by atoms with van der Waals surface area (Å²) in [7, 11) is 0. The van der Waals surface area contributed by atoms with Crippen LogP contribution in [-0.4, -0.2) is 15.8 Å². The van der Waals surface area contributed by atoms with Crippen molar-refractivity contribution in [1.82, 2.24) is 9.97 Å². The van der Waals surface area contributed by atoms with Gasteiger partial charge in [-0.1, -0.05) is 60.7 Å². The first kappa shape index (κ1) is 15.1. The highest BCUT2D eigenvalue weighted by Gasteiger charge is 2.13. The molecule has 4 heteroatoms. The van der Waals surface area contributed by atoms with Gasteiger partial charge in [-0.25, -0.2) is 4.98 Å². The van der Waals surface area contributed by atoms with Crippen molar-refractivity contribution in [2.45, 2.75) is 6.61 Å². The summed E-state index contributed by atoms with van der Waals surface area (Å²) in [4.78, 5) is 20.0. The lowest BCUT2D eigenvalue weighted by Gasteiger charge is -2.05. The second-order valence-electron chi connectivity index (χ2n) is 5.73. The summed E-state index contributed by atoms with van der Waals surface area (Å²) >= 11 is 0. The van der Waals surface area contributed by atoms with Crippen molar-refractivity contribution in [3.63, 3.8) is 0 Å². The van der Waals surface area contributed by atoms with Crippen LogP contribution >= 0.6 is 0 Å². The van der Waals surface area contributed by atoms with Crippen LogP contribution in [0.4, 0.5) is 0 Å². The van der Waals surface area contributed by atoms with Crippen molar-refractivity contribution >= 4 is 16.8 Å². The van der Waals surface area contributed by atoms with Crippen LogP contribution in [-0.2, 0) is 6.61 Å². The minimum absolute atomic E-state index is 0.122. The third kappa shape index (κ3) is 3.28. The summed E-state index contributed by atoms with van der Waals surface area (Å²) in [5, 5.41) is 0. The number of nitrogens with zero attached hydrogens (tertiary/aromatic N) is 1. The van der Waals surface area contributed by atoms with E-state index < -0.39 is 0 Å². The van der Waals surface area contributed by atoms with Crippen LogP contribution in [0.15, 0.2) is 78.9 Å². The van der Waals surface area contributed by atoms with E-state index in [1.165, 1.54) is 0 Å². The Kier molecular flexibility index (Phi) is 4.01. The second kappa shape index (κ2) is 6.61. The van der Waals surface area contributed by atoms with Crippen LogP contribution in [0.3, 0.4) is 0 Å². The summed E-state index contributed by atoms with van der Waals surface area (Å²) in [6.45, 7) is 0.496. The van der Waals surface area contributed by atoms with E-state index in [1.54, 1.807) is 12.1 Å². The summed E-state index contributed by atoms with van der Waals surface area (Å²) in [5.74, 6) is 0.948. The van der Waals surface area contributed by atoms with Crippen LogP contribution in [0, 0.1) is 0 Å². The van der Waals surface area contributed by atoms with Crippen molar-refractivity contribution in [2.24, 2.45) is 0 Å². The number of rotatable bonds is 5. The van der Waals surface area contributed by atoms with Gasteiger partial charge in [-0.05, 0) is 17.7 Å². The number of H-pyrrole nitrogens is 1. The van der Waals surface area contributed by atoms with Gasteiger partial charge < -0.3 is 9.72 Å². The Balaban J connectivity index is 1.56. The maximum atomic E-state index is 12.5. The van der Waals surface area contributed by atoms with E-state index in [0.29, 0.717) is 18.0 Å². The number of fused-ring (bicyclic) bond motifs is 1. The Morgan fingerprint density at radius 3 is 2.40 bits per heavy atom. The lowest BCUT2D eigenvalue weighted by molar-refractivity contribution is 0.103. The molecule has 0 aliphatic rings. The quantitative estimate of drug-likeness (QED) is 0.553. The van der Waals surface area contributed by atoms with Crippen LogP contribution < -0.4 is 4.74 Å². The Hall–Kier alpha value is -3.40. The third-order valence-electron chi connectivity index (χ3n) is 3.95. The van der Waals surface area contributed by atoms with E-state index in [2.05, 4.69) is 9.97 Å². The molecule has 3 aromatic carbocycles. The SMILES string of the molecule is O=C(c1ccccc1)c1nc2ccc(OCc3ccccc3)cc2[nH]1. The van der Waals surface area contributed by atoms with Gasteiger partial charge in [0.05, 0.1) is 11.0 Å². The molecular formula is C21H16N2O2. The van der Waals surface area contributed by atoms with Gasteiger partial charge in [0, 0.05) is 11.6 Å². The molecule has 0 aliphatic heterocycles. The molecule has 0 aliphatic carbocycles. The third-order valence-corrected chi connectivity index (χ3v) is 3.95. The first-order valence-corrected chi connectivity index (χ1v) is 8.06. The molecule has 0 saturated heterocycles. The average Bonchev–Trinajstić information content (AvgIpc) is 3.10. The van der Waals surface area contributed by atoms with Crippen LogP contribution in [0.2, 0.25) is 0 Å². The summed E-state index contributed by atoms with van der Waals surface area (Å²) in [6, 6.07) is 24.7. The highest BCUT2D eigenvalue weighted by Crippen LogP contribution is 2.21. The molecule has 25 heavy (non-hydrogen) atoms. The summed E-state index contributed by atoms with van der Waals surface area (Å²) in [6.07, 6.45) is 0. The maximum absolute atomic E-state index is 12.5. The number of carbonyl (C=O) groups is 1. The number of carbonyl (C=O) groups excluding carboxylic acids is 1. The number of hydrogen-bond donors (Lipinski definition) is 1. The van der Waals surface area contributed by atoms with E-state index in [1.807, 2.05) is 66.7 Å². The molecule has 122 valence electrons. The molecule has 0 unspecified atom stereocenters. The zero-order valence-corrected chi connectivity index (χ0v) is 13.5. The number of ketones is 1. The topological polar surface area (TPSA) is 55.0 Å². The van der Waals surface area contributed by atoms with Crippen molar-refractivity contribution in [2.75, 3.05) is 0 Å². The largest absolute Gasteiger partial charge is 0.489 e. The molecule has 1 N–H and O–H groups in total. The predicted octanol–water partition coefficient (Wildman–Crippen LogP) is 4.37. The monoisotopic (exact) mass is 328 g/mol. The fraction of sp³-hybridized carbons (Fsp3) is 0.0476. The maximum Gasteiger partial charge on any atom is 0.228 e. The van der Waals surface area contributed by atoms with Crippen molar-refractivity contribution in [1.29, 1.82) is 0 Å². The van der Waals surface area contributed by atoms with Gasteiger partial charge in [-0.3, -0.25) is 4.79 Å². The number of ether oxygens (including phenoxy) is 1. The first-order valence-electron chi connectivity index (χ1n) is 8.06. The normalized spacial score (nSPS) is 10.7. The molecule has 1 heterocycles. The lowest BCUT2D eigenvalue weighted by Crippen LogP contribution is -2.02. The highest BCUT2D eigenvalue weighted by molar-refractivity contribution is 6.07. The molecule has 0 fully saturated rings. The Labute approximate surface area is 145 Å². The summed E-state index contributed by atoms with van der Waals surface area (Å²) < 4.78 is 5.82. The van der Waals surface area contributed by atoms with Crippen molar-refractivity contribution in [3.05, 3.63) is 95.8 Å². The molecule has 4 nitrogen and oxygen atoms in total. The standard InChI is InChI=1S/C21H16N2O2/c24-20(16-9-5-2-6-10-16)21-22-18-12-11-17(13-19(18)23-21)25-14-15-7-3-1-4-8-15/h1-13H,14H2,(H,22,23). The van der Waals surface area contributed by atoms with Gasteiger partial charge in [-0.15, -0.1) is 0 Å². The predicted molar refractivity (Wildman–Crippen MR) is 96.7 cm³/mol. The molecular weight excluding hydrogens is 312 g/mol. The van der Waals surface area contributed by atoms with Crippen LogP contribution in [0.1, 0.15) is 21.7 Å². The highest BCUT2D eigenvalue weighted by atomic mass is 16.5. The van der Waals surface area contributed by atoms with Gasteiger partial charge in [0.2, 0.25) is 5.78 Å². The van der Waals surface area contributed by atoms with Crippen molar-refractivity contribution < 1.29 is 9.53 Å². The molecule has 0 atom stereocenters. The first-order chi connectivity index (χ1) is 12.3. The fourth-order valence-corrected chi connectivity index (χ4v) is 2.65. The van der Waals surface area contributed by atoms with E-state index in [0.717, 1.165) is 22.3 Å². The number of imidazole rings is 1. The van der Waals surface area contributed by atoms with E-state index in [-0.39, 0.29) is 5.78 Å². The van der Waals surface area contributed by atoms with Crippen molar-refractivity contribution in [3.8, 4) is 5.75 Å². The zero-order chi connectivity index (χ0) is 17.1. The van der Waals surface area contributed by atoms with Crippen LogP contribution in [0.5, 0.6) is 5.75 Å². The second-order valence-corrected chi connectivity index (χ2v) is 5.73.